The molecule has 2 aromatic rings. The van der Waals surface area contributed by atoms with Crippen LogP contribution in [0, 0.1) is 5.82 Å². The average Bonchev–Trinajstić information content (AvgIpc) is 2.68. The van der Waals surface area contributed by atoms with Gasteiger partial charge in [0.2, 0.25) is 11.8 Å². The molecule has 0 bridgehead atoms. The molecule has 3 N–H and O–H groups in total. The van der Waals surface area contributed by atoms with Crippen LogP contribution in [0.15, 0.2) is 42.5 Å². The van der Waals surface area contributed by atoms with Gasteiger partial charge in [-0.25, -0.2) is 4.39 Å². The zero-order valence-electron chi connectivity index (χ0n) is 12.8. The van der Waals surface area contributed by atoms with Gasteiger partial charge in [0, 0.05) is 5.69 Å². The highest BCUT2D eigenvalue weighted by molar-refractivity contribution is 6.31. The number of carbonyl (C=O) groups excluding carboxylic acids is 3. The Bertz CT molecular complexity index is 872. The van der Waals surface area contributed by atoms with Crippen LogP contribution < -0.4 is 16.0 Å². The number of halogens is 2. The van der Waals surface area contributed by atoms with Crippen molar-refractivity contribution < 1.29 is 18.8 Å². The third-order valence-electron chi connectivity index (χ3n) is 3.64. The van der Waals surface area contributed by atoms with Gasteiger partial charge in [-0.3, -0.25) is 14.4 Å². The minimum atomic E-state index is -1.03. The molecule has 3 amide bonds. The van der Waals surface area contributed by atoms with Gasteiger partial charge in [0.1, 0.15) is 11.9 Å². The Kier molecular flexibility index (Phi) is 4.67. The number of carbonyl (C=O) groups is 3. The van der Waals surface area contributed by atoms with Crippen LogP contribution >= 0.6 is 11.6 Å². The lowest BCUT2D eigenvalue weighted by atomic mass is 10.1. The SMILES string of the molecule is O=C(C[C@@H]1NC(=O)c2ccccc2NC1=O)Nc1ccc(F)c(Cl)c1. The lowest BCUT2D eigenvalue weighted by Gasteiger charge is -2.14. The van der Waals surface area contributed by atoms with Crippen molar-refractivity contribution >= 4 is 40.7 Å². The zero-order chi connectivity index (χ0) is 18.0. The topological polar surface area (TPSA) is 87.3 Å². The highest BCUT2D eigenvalue weighted by Gasteiger charge is 2.29. The normalized spacial score (nSPS) is 16.3. The van der Waals surface area contributed by atoms with Crippen LogP contribution in [-0.2, 0) is 9.59 Å². The van der Waals surface area contributed by atoms with Crippen molar-refractivity contribution in [1.82, 2.24) is 5.32 Å². The monoisotopic (exact) mass is 361 g/mol. The molecule has 0 fully saturated rings. The molecule has 3 rings (SSSR count). The molecule has 0 radical (unpaired) electrons. The fourth-order valence-corrected chi connectivity index (χ4v) is 2.61. The van der Waals surface area contributed by atoms with Gasteiger partial charge in [-0.15, -0.1) is 0 Å². The molecule has 0 saturated heterocycles. The summed E-state index contributed by atoms with van der Waals surface area (Å²) in [5, 5.41) is 7.52. The second kappa shape index (κ2) is 6.90. The van der Waals surface area contributed by atoms with Crippen molar-refractivity contribution in [1.29, 1.82) is 0 Å². The molecule has 1 aliphatic rings. The van der Waals surface area contributed by atoms with Gasteiger partial charge < -0.3 is 16.0 Å². The smallest absolute Gasteiger partial charge is 0.254 e. The predicted molar refractivity (Wildman–Crippen MR) is 91.0 cm³/mol. The Labute approximate surface area is 147 Å². The first-order valence-corrected chi connectivity index (χ1v) is 7.77. The van der Waals surface area contributed by atoms with Crippen LogP contribution in [0.5, 0.6) is 0 Å². The zero-order valence-corrected chi connectivity index (χ0v) is 13.6. The van der Waals surface area contributed by atoms with Gasteiger partial charge in [-0.05, 0) is 30.3 Å². The average molecular weight is 362 g/mol. The first-order valence-electron chi connectivity index (χ1n) is 7.39. The van der Waals surface area contributed by atoms with E-state index in [9.17, 15) is 18.8 Å². The van der Waals surface area contributed by atoms with Gasteiger partial charge in [-0.2, -0.15) is 0 Å². The summed E-state index contributed by atoms with van der Waals surface area (Å²) in [4.78, 5) is 36.6. The molecule has 0 aliphatic carbocycles. The molecule has 1 aliphatic heterocycles. The van der Waals surface area contributed by atoms with Crippen LogP contribution in [0.1, 0.15) is 16.8 Å². The molecule has 0 aromatic heterocycles. The first-order chi connectivity index (χ1) is 11.9. The number of fused-ring (bicyclic) bond motifs is 1. The Morgan fingerprint density at radius 2 is 1.96 bits per heavy atom. The van der Waals surface area contributed by atoms with Crippen molar-refractivity contribution in [2.75, 3.05) is 10.6 Å². The standard InChI is InChI=1S/C17H13ClFN3O3/c18-11-7-9(5-6-12(11)19)20-15(23)8-14-17(25)21-13-4-2-1-3-10(13)16(24)22-14/h1-7,14H,8H2,(H,20,23)(H,21,25)(H,22,24)/t14-/m0/s1. The summed E-state index contributed by atoms with van der Waals surface area (Å²) in [6.45, 7) is 0. The van der Waals surface area contributed by atoms with E-state index in [2.05, 4.69) is 16.0 Å². The fourth-order valence-electron chi connectivity index (χ4n) is 2.43. The Morgan fingerprint density at radius 3 is 2.72 bits per heavy atom. The fraction of sp³-hybridized carbons (Fsp3) is 0.118. The van der Waals surface area contributed by atoms with E-state index >= 15 is 0 Å². The quantitative estimate of drug-likeness (QED) is 0.785. The van der Waals surface area contributed by atoms with Crippen LogP contribution in [0.2, 0.25) is 5.02 Å². The second-order valence-electron chi connectivity index (χ2n) is 5.44. The molecule has 25 heavy (non-hydrogen) atoms. The van der Waals surface area contributed by atoms with Crippen molar-refractivity contribution in [3.63, 3.8) is 0 Å². The lowest BCUT2D eigenvalue weighted by molar-refractivity contribution is -0.122. The maximum absolute atomic E-state index is 13.1. The van der Waals surface area contributed by atoms with Crippen molar-refractivity contribution in [3.8, 4) is 0 Å². The summed E-state index contributed by atoms with van der Waals surface area (Å²) in [6.07, 6.45) is -0.277. The third-order valence-corrected chi connectivity index (χ3v) is 3.93. The largest absolute Gasteiger partial charge is 0.340 e. The van der Waals surface area contributed by atoms with Crippen molar-refractivity contribution in [3.05, 3.63) is 58.9 Å². The minimum absolute atomic E-state index is 0.131. The summed E-state index contributed by atoms with van der Waals surface area (Å²) in [5.74, 6) is -2.07. The maximum Gasteiger partial charge on any atom is 0.254 e. The van der Waals surface area contributed by atoms with E-state index in [0.717, 1.165) is 6.07 Å². The second-order valence-corrected chi connectivity index (χ2v) is 5.85. The van der Waals surface area contributed by atoms with E-state index in [-0.39, 0.29) is 11.4 Å². The van der Waals surface area contributed by atoms with Gasteiger partial charge >= 0.3 is 0 Å². The minimum Gasteiger partial charge on any atom is -0.340 e. The van der Waals surface area contributed by atoms with E-state index in [1.54, 1.807) is 24.3 Å². The highest BCUT2D eigenvalue weighted by atomic mass is 35.5. The molecular weight excluding hydrogens is 349 g/mol. The van der Waals surface area contributed by atoms with E-state index in [4.69, 9.17) is 11.6 Å². The molecule has 8 heteroatoms. The summed E-state index contributed by atoms with van der Waals surface area (Å²) in [5.41, 5.74) is 1.00. The Morgan fingerprint density at radius 1 is 1.20 bits per heavy atom. The third kappa shape index (κ3) is 3.77. The van der Waals surface area contributed by atoms with E-state index in [1.807, 2.05) is 0 Å². The van der Waals surface area contributed by atoms with Crippen LogP contribution in [0.25, 0.3) is 0 Å². The van der Waals surface area contributed by atoms with Crippen LogP contribution in [0.4, 0.5) is 15.8 Å². The number of rotatable bonds is 3. The molecule has 0 unspecified atom stereocenters. The molecule has 1 atom stereocenters. The number of nitrogens with one attached hydrogen (secondary N) is 3. The summed E-state index contributed by atoms with van der Waals surface area (Å²) in [7, 11) is 0. The maximum atomic E-state index is 13.1. The molecule has 128 valence electrons. The number of para-hydroxylation sites is 1. The summed E-state index contributed by atoms with van der Waals surface area (Å²) >= 11 is 5.66. The van der Waals surface area contributed by atoms with Gasteiger partial charge in [-0.1, -0.05) is 23.7 Å². The predicted octanol–water partition coefficient (Wildman–Crippen LogP) is 2.56. The van der Waals surface area contributed by atoms with Gasteiger partial charge in [0.15, 0.2) is 0 Å². The van der Waals surface area contributed by atoms with Crippen LogP contribution in [0.3, 0.4) is 0 Å². The van der Waals surface area contributed by atoms with E-state index in [0.29, 0.717) is 16.9 Å². The number of benzene rings is 2. The lowest BCUT2D eigenvalue weighted by Crippen LogP contribution is -2.43. The molecule has 1 heterocycles. The van der Waals surface area contributed by atoms with Gasteiger partial charge in [0.25, 0.3) is 5.91 Å². The van der Waals surface area contributed by atoms with Crippen molar-refractivity contribution in [2.24, 2.45) is 0 Å². The van der Waals surface area contributed by atoms with E-state index < -0.39 is 29.6 Å². The number of anilines is 2. The highest BCUT2D eigenvalue weighted by Crippen LogP contribution is 2.21. The molecular formula is C17H13ClFN3O3. The summed E-state index contributed by atoms with van der Waals surface area (Å²) in [6, 6.07) is 9.25. The van der Waals surface area contributed by atoms with Crippen molar-refractivity contribution in [2.45, 2.75) is 12.5 Å². The van der Waals surface area contributed by atoms with Crippen LogP contribution in [-0.4, -0.2) is 23.8 Å². The number of hydrogen-bond donors (Lipinski definition) is 3. The summed E-state index contributed by atoms with van der Waals surface area (Å²) < 4.78 is 13.1. The molecule has 6 nitrogen and oxygen atoms in total. The van der Waals surface area contributed by atoms with E-state index in [1.165, 1.54) is 12.1 Å². The first kappa shape index (κ1) is 16.9. The molecule has 0 spiro atoms. The number of amides is 3. The Hall–Kier alpha value is -2.93. The number of hydrogen-bond acceptors (Lipinski definition) is 3. The molecule has 0 saturated carbocycles. The Balaban J connectivity index is 1.70. The molecule has 2 aromatic carbocycles. The van der Waals surface area contributed by atoms with Gasteiger partial charge in [0.05, 0.1) is 22.7 Å².